The second-order valence-electron chi connectivity index (χ2n) is 8.21. The second kappa shape index (κ2) is 9.60. The Hall–Kier alpha value is -1.27. The Bertz CT molecular complexity index is 577. The summed E-state index contributed by atoms with van der Waals surface area (Å²) in [5.41, 5.74) is 0.0821. The Kier molecular flexibility index (Phi) is 8.41. The molecule has 3 atom stereocenters. The van der Waals surface area contributed by atoms with Gasteiger partial charge in [0.05, 0.1) is 24.7 Å². The van der Waals surface area contributed by atoms with Crippen molar-refractivity contribution in [3.05, 3.63) is 48.6 Å². The average molecular weight is 379 g/mol. The van der Waals surface area contributed by atoms with Gasteiger partial charge in [0, 0.05) is 0 Å². The van der Waals surface area contributed by atoms with Crippen molar-refractivity contribution in [1.29, 1.82) is 0 Å². The molecule has 1 aromatic carbocycles. The van der Waals surface area contributed by atoms with E-state index < -0.39 is 32.0 Å². The third-order valence-corrected chi connectivity index (χ3v) is 5.28. The van der Waals surface area contributed by atoms with Crippen molar-refractivity contribution < 1.29 is 19.1 Å². The lowest BCUT2D eigenvalue weighted by Gasteiger charge is -2.36. The molecule has 0 aliphatic heterocycles. The highest BCUT2D eigenvalue weighted by atomic mass is 28.4. The maximum absolute atomic E-state index is 13.1. The maximum atomic E-state index is 13.1. The van der Waals surface area contributed by atoms with Crippen LogP contribution in [-0.2, 0) is 20.6 Å². The van der Waals surface area contributed by atoms with E-state index in [1.54, 1.807) is 26.8 Å². The van der Waals surface area contributed by atoms with E-state index in [0.29, 0.717) is 13.0 Å². The SMILES string of the molecule is C=CC[C@H](C(=O)C(C)(C)O[Si](C)(C)C)[C@@H](O)[C@@H](C)OCc1ccccc1. The van der Waals surface area contributed by atoms with E-state index in [2.05, 4.69) is 6.58 Å². The van der Waals surface area contributed by atoms with Gasteiger partial charge in [-0.15, -0.1) is 6.58 Å². The summed E-state index contributed by atoms with van der Waals surface area (Å²) in [4.78, 5) is 13.1. The van der Waals surface area contributed by atoms with Gasteiger partial charge in [-0.3, -0.25) is 4.79 Å². The van der Waals surface area contributed by atoms with Gasteiger partial charge in [0.15, 0.2) is 14.1 Å². The molecule has 0 bridgehead atoms. The predicted molar refractivity (Wildman–Crippen MR) is 109 cm³/mol. The molecule has 146 valence electrons. The lowest BCUT2D eigenvalue weighted by molar-refractivity contribution is -0.145. The number of rotatable bonds is 11. The first-order valence-corrected chi connectivity index (χ1v) is 12.6. The smallest absolute Gasteiger partial charge is 0.185 e. The Labute approximate surface area is 159 Å². The zero-order valence-electron chi connectivity index (χ0n) is 17.0. The van der Waals surface area contributed by atoms with Crippen LogP contribution in [0.25, 0.3) is 0 Å². The predicted octanol–water partition coefficient (Wildman–Crippen LogP) is 4.34. The molecule has 0 aliphatic carbocycles. The molecule has 0 saturated carbocycles. The number of hydrogen-bond donors (Lipinski definition) is 1. The zero-order valence-corrected chi connectivity index (χ0v) is 18.0. The molecule has 4 nitrogen and oxygen atoms in total. The van der Waals surface area contributed by atoms with Crippen LogP contribution in [0.4, 0.5) is 0 Å². The second-order valence-corrected chi connectivity index (χ2v) is 12.6. The van der Waals surface area contributed by atoms with Gasteiger partial charge in [-0.2, -0.15) is 0 Å². The highest BCUT2D eigenvalue weighted by Crippen LogP contribution is 2.27. The number of benzene rings is 1. The Morgan fingerprint density at radius 2 is 1.85 bits per heavy atom. The van der Waals surface area contributed by atoms with Crippen LogP contribution in [0.5, 0.6) is 0 Å². The van der Waals surface area contributed by atoms with Crippen molar-refractivity contribution in [3.8, 4) is 0 Å². The van der Waals surface area contributed by atoms with Gasteiger partial charge < -0.3 is 14.3 Å². The quantitative estimate of drug-likeness (QED) is 0.459. The van der Waals surface area contributed by atoms with E-state index >= 15 is 0 Å². The number of ketones is 1. The summed E-state index contributed by atoms with van der Waals surface area (Å²) in [5.74, 6) is -0.716. The van der Waals surface area contributed by atoms with Gasteiger partial charge in [-0.1, -0.05) is 36.4 Å². The van der Waals surface area contributed by atoms with E-state index in [1.165, 1.54) is 0 Å². The summed E-state index contributed by atoms with van der Waals surface area (Å²) in [6.45, 7) is 15.6. The molecule has 1 N–H and O–H groups in total. The molecule has 0 aromatic heterocycles. The third kappa shape index (κ3) is 7.15. The first kappa shape index (κ1) is 22.8. The van der Waals surface area contributed by atoms with Crippen LogP contribution in [0, 0.1) is 5.92 Å². The minimum absolute atomic E-state index is 0.109. The van der Waals surface area contributed by atoms with Crippen molar-refractivity contribution in [1.82, 2.24) is 0 Å². The molecule has 0 amide bonds. The van der Waals surface area contributed by atoms with Gasteiger partial charge in [-0.25, -0.2) is 0 Å². The first-order chi connectivity index (χ1) is 12.0. The molecular weight excluding hydrogens is 344 g/mol. The molecule has 0 unspecified atom stereocenters. The lowest BCUT2D eigenvalue weighted by Crippen LogP contribution is -2.50. The topological polar surface area (TPSA) is 55.8 Å². The highest BCUT2D eigenvalue weighted by Gasteiger charge is 2.41. The summed E-state index contributed by atoms with van der Waals surface area (Å²) >= 11 is 0. The van der Waals surface area contributed by atoms with Crippen LogP contribution in [0.3, 0.4) is 0 Å². The largest absolute Gasteiger partial charge is 0.406 e. The fourth-order valence-electron chi connectivity index (χ4n) is 3.07. The number of ether oxygens (including phenoxy) is 1. The minimum atomic E-state index is -1.91. The van der Waals surface area contributed by atoms with Crippen molar-refractivity contribution in [2.75, 3.05) is 0 Å². The summed E-state index contributed by atoms with van der Waals surface area (Å²) in [5, 5.41) is 10.8. The van der Waals surface area contributed by atoms with Crippen LogP contribution in [-0.4, -0.2) is 37.0 Å². The number of aliphatic hydroxyl groups excluding tert-OH is 1. The third-order valence-electron chi connectivity index (χ3n) is 4.16. The molecule has 1 aromatic rings. The number of aliphatic hydroxyl groups is 1. The van der Waals surface area contributed by atoms with Gasteiger partial charge in [-0.05, 0) is 52.4 Å². The fraction of sp³-hybridized carbons (Fsp3) is 0.571. The lowest BCUT2D eigenvalue weighted by atomic mass is 9.83. The van der Waals surface area contributed by atoms with E-state index in [-0.39, 0.29) is 5.78 Å². The zero-order chi connectivity index (χ0) is 20.0. The molecule has 0 aliphatic rings. The number of hydrogen-bond acceptors (Lipinski definition) is 4. The van der Waals surface area contributed by atoms with Crippen LogP contribution in [0.1, 0.15) is 32.8 Å². The van der Waals surface area contributed by atoms with Crippen molar-refractivity contribution in [3.63, 3.8) is 0 Å². The van der Waals surface area contributed by atoms with Crippen molar-refractivity contribution in [2.45, 2.75) is 71.2 Å². The molecule has 0 spiro atoms. The van der Waals surface area contributed by atoms with Crippen LogP contribution in [0.2, 0.25) is 19.6 Å². The number of Topliss-reactive ketones (excluding diaryl/α,β-unsaturated/α-hetero) is 1. The Morgan fingerprint density at radius 3 is 2.35 bits per heavy atom. The van der Waals surface area contributed by atoms with Gasteiger partial charge in [0.2, 0.25) is 0 Å². The van der Waals surface area contributed by atoms with Crippen molar-refractivity contribution in [2.24, 2.45) is 5.92 Å². The summed E-state index contributed by atoms with van der Waals surface area (Å²) < 4.78 is 11.9. The summed E-state index contributed by atoms with van der Waals surface area (Å²) in [6, 6.07) is 9.77. The van der Waals surface area contributed by atoms with Gasteiger partial charge in [0.1, 0.15) is 5.60 Å². The standard InChI is InChI=1S/C21H34O4Si/c1-8-12-18(20(23)21(3,4)25-26(5,6)7)19(22)16(2)24-15-17-13-10-9-11-14-17/h8-11,13-14,16,18-19,22H,1,12,15H2,2-7H3/t16-,18+,19+/m1/s1. The van der Waals surface area contributed by atoms with Gasteiger partial charge >= 0.3 is 0 Å². The molecule has 5 heteroatoms. The van der Waals surface area contributed by atoms with Crippen LogP contribution in [0.15, 0.2) is 43.0 Å². The van der Waals surface area contributed by atoms with E-state index in [1.807, 2.05) is 50.0 Å². The van der Waals surface area contributed by atoms with Crippen LogP contribution >= 0.6 is 0 Å². The number of carbonyl (C=O) groups excluding carboxylic acids is 1. The van der Waals surface area contributed by atoms with Gasteiger partial charge in [0.25, 0.3) is 0 Å². The molecule has 0 fully saturated rings. The molecule has 0 heterocycles. The molecule has 1 rings (SSSR count). The first-order valence-electron chi connectivity index (χ1n) is 9.17. The van der Waals surface area contributed by atoms with Crippen molar-refractivity contribution >= 4 is 14.1 Å². The average Bonchev–Trinajstić information content (AvgIpc) is 2.55. The molecule has 0 radical (unpaired) electrons. The highest BCUT2D eigenvalue weighted by molar-refractivity contribution is 6.70. The normalized spacial score (nSPS) is 16.0. The Morgan fingerprint density at radius 1 is 1.27 bits per heavy atom. The van der Waals surface area contributed by atoms with Crippen LogP contribution < -0.4 is 0 Å². The maximum Gasteiger partial charge on any atom is 0.185 e. The number of carbonyl (C=O) groups is 1. The minimum Gasteiger partial charge on any atom is -0.406 e. The molecule has 26 heavy (non-hydrogen) atoms. The molecule has 0 saturated heterocycles. The number of allylic oxidation sites excluding steroid dienone is 1. The fourth-order valence-corrected chi connectivity index (χ4v) is 4.70. The Balaban J connectivity index is 2.82. The van der Waals surface area contributed by atoms with E-state index in [0.717, 1.165) is 5.56 Å². The van der Waals surface area contributed by atoms with E-state index in [9.17, 15) is 9.90 Å². The summed E-state index contributed by atoms with van der Waals surface area (Å²) in [7, 11) is -1.91. The monoisotopic (exact) mass is 378 g/mol. The molecular formula is C21H34O4Si. The van der Waals surface area contributed by atoms with E-state index in [4.69, 9.17) is 9.16 Å². The summed E-state index contributed by atoms with van der Waals surface area (Å²) in [6.07, 6.45) is 0.651.